The highest BCUT2D eigenvalue weighted by atomic mass is 16.1. The number of likely N-dealkylation sites (N-methyl/N-ethyl adjacent to an activating group) is 1. The Morgan fingerprint density at radius 1 is 1.21 bits per heavy atom. The number of aliphatic imine (C=N–C) groups is 1. The standard InChI is InChI=1S/C14H12N4O/c1-18(13-7-3-5-10-16-13)14(8-11-19)17-12-6-2-4-9-15-12/h2-10H,1H3/b17-14+. The SMILES string of the molecule is CN(/C(C=C=O)=N/c1ccccn1)c1ccccn1. The fourth-order valence-electron chi connectivity index (χ4n) is 1.46. The van der Waals surface area contributed by atoms with Gasteiger partial charge in [-0.25, -0.2) is 19.8 Å². The summed E-state index contributed by atoms with van der Waals surface area (Å²) in [6.45, 7) is 0. The highest BCUT2D eigenvalue weighted by Gasteiger charge is 2.07. The number of anilines is 1. The molecule has 2 rings (SSSR count). The fraction of sp³-hybridized carbons (Fsp3) is 0.0714. The zero-order chi connectivity index (χ0) is 13.5. The van der Waals surface area contributed by atoms with Gasteiger partial charge in [0.25, 0.3) is 0 Å². The number of rotatable bonds is 3. The fourth-order valence-corrected chi connectivity index (χ4v) is 1.46. The minimum absolute atomic E-state index is 0.424. The number of amidine groups is 1. The van der Waals surface area contributed by atoms with Gasteiger partial charge in [-0.1, -0.05) is 12.1 Å². The zero-order valence-electron chi connectivity index (χ0n) is 10.4. The van der Waals surface area contributed by atoms with Crippen LogP contribution in [-0.2, 0) is 4.79 Å². The molecule has 0 aliphatic rings. The predicted octanol–water partition coefficient (Wildman–Crippen LogP) is 2.03. The summed E-state index contributed by atoms with van der Waals surface area (Å²) in [7, 11) is 1.78. The summed E-state index contributed by atoms with van der Waals surface area (Å²) in [5.74, 6) is 3.36. The van der Waals surface area contributed by atoms with Gasteiger partial charge in [0.15, 0.2) is 5.82 Å². The van der Waals surface area contributed by atoms with Crippen molar-refractivity contribution in [2.75, 3.05) is 11.9 Å². The molecule has 94 valence electrons. The molecule has 2 heterocycles. The van der Waals surface area contributed by atoms with Crippen molar-refractivity contribution < 1.29 is 4.79 Å². The molecule has 19 heavy (non-hydrogen) atoms. The van der Waals surface area contributed by atoms with Gasteiger partial charge in [-0.15, -0.1) is 0 Å². The second-order valence-electron chi connectivity index (χ2n) is 3.67. The lowest BCUT2D eigenvalue weighted by Crippen LogP contribution is -2.25. The monoisotopic (exact) mass is 252 g/mol. The van der Waals surface area contributed by atoms with Gasteiger partial charge in [-0.05, 0) is 24.3 Å². The summed E-state index contributed by atoms with van der Waals surface area (Å²) in [5.41, 5.74) is 0. The van der Waals surface area contributed by atoms with E-state index in [0.717, 1.165) is 0 Å². The van der Waals surface area contributed by atoms with E-state index in [9.17, 15) is 4.79 Å². The van der Waals surface area contributed by atoms with Crippen LogP contribution in [0.4, 0.5) is 11.6 Å². The second kappa shape index (κ2) is 6.23. The molecular weight excluding hydrogens is 240 g/mol. The smallest absolute Gasteiger partial charge is 0.154 e. The Morgan fingerprint density at radius 3 is 2.53 bits per heavy atom. The number of hydrogen-bond donors (Lipinski definition) is 0. The molecule has 0 bridgehead atoms. The molecule has 5 heteroatoms. The lowest BCUT2D eigenvalue weighted by Gasteiger charge is -2.16. The van der Waals surface area contributed by atoms with Gasteiger partial charge < -0.3 is 4.90 Å². The van der Waals surface area contributed by atoms with Crippen LogP contribution in [0, 0.1) is 0 Å². The van der Waals surface area contributed by atoms with Gasteiger partial charge in [0.05, 0.1) is 6.08 Å². The molecule has 0 spiro atoms. The molecule has 2 aromatic heterocycles. The van der Waals surface area contributed by atoms with Crippen LogP contribution in [0.3, 0.4) is 0 Å². The largest absolute Gasteiger partial charge is 0.313 e. The van der Waals surface area contributed by atoms with E-state index >= 15 is 0 Å². The molecule has 0 fully saturated rings. The van der Waals surface area contributed by atoms with Crippen LogP contribution in [0.5, 0.6) is 0 Å². The van der Waals surface area contributed by atoms with Crippen molar-refractivity contribution in [2.45, 2.75) is 0 Å². The molecule has 0 N–H and O–H groups in total. The van der Waals surface area contributed by atoms with E-state index in [1.54, 1.807) is 42.4 Å². The molecular formula is C14H12N4O. The Hall–Kier alpha value is -2.78. The molecule has 5 nitrogen and oxygen atoms in total. The lowest BCUT2D eigenvalue weighted by atomic mass is 10.4. The minimum Gasteiger partial charge on any atom is -0.313 e. The summed E-state index contributed by atoms with van der Waals surface area (Å²) in [4.78, 5) is 24.9. The van der Waals surface area contributed by atoms with Crippen molar-refractivity contribution in [2.24, 2.45) is 4.99 Å². The van der Waals surface area contributed by atoms with Crippen molar-refractivity contribution in [1.82, 2.24) is 9.97 Å². The predicted molar refractivity (Wildman–Crippen MR) is 74.2 cm³/mol. The van der Waals surface area contributed by atoms with Gasteiger partial charge >= 0.3 is 0 Å². The third-order valence-electron chi connectivity index (χ3n) is 2.40. The van der Waals surface area contributed by atoms with Crippen molar-refractivity contribution in [1.29, 1.82) is 0 Å². The highest BCUT2D eigenvalue weighted by Crippen LogP contribution is 2.12. The molecule has 0 atom stereocenters. The normalized spacial score (nSPS) is 10.7. The van der Waals surface area contributed by atoms with Crippen molar-refractivity contribution in [3.8, 4) is 0 Å². The first-order chi connectivity index (χ1) is 9.31. The number of nitrogens with zero attached hydrogens (tertiary/aromatic N) is 4. The molecule has 0 aromatic carbocycles. The van der Waals surface area contributed by atoms with Crippen LogP contribution in [0.15, 0.2) is 59.9 Å². The molecule has 0 aliphatic heterocycles. The van der Waals surface area contributed by atoms with E-state index < -0.39 is 0 Å². The summed E-state index contributed by atoms with van der Waals surface area (Å²) in [6.07, 6.45) is 4.57. The third kappa shape index (κ3) is 3.34. The number of hydrogen-bond acceptors (Lipinski definition) is 4. The van der Waals surface area contributed by atoms with Gasteiger partial charge in [-0.3, -0.25) is 0 Å². The van der Waals surface area contributed by atoms with Crippen LogP contribution in [0.25, 0.3) is 0 Å². The van der Waals surface area contributed by atoms with E-state index in [1.807, 2.05) is 24.3 Å². The average Bonchev–Trinajstić information content (AvgIpc) is 2.48. The topological polar surface area (TPSA) is 58.5 Å². The number of carbonyl (C=O) groups excluding carboxylic acids is 1. The Labute approximate surface area is 111 Å². The van der Waals surface area contributed by atoms with Crippen LogP contribution in [-0.4, -0.2) is 28.8 Å². The lowest BCUT2D eigenvalue weighted by molar-refractivity contribution is 0.569. The first kappa shape index (κ1) is 12.7. The van der Waals surface area contributed by atoms with Gasteiger partial charge in [0, 0.05) is 19.4 Å². The molecule has 0 saturated carbocycles. The molecule has 0 saturated heterocycles. The van der Waals surface area contributed by atoms with E-state index in [0.29, 0.717) is 17.5 Å². The Kier molecular flexibility index (Phi) is 4.16. The first-order valence-corrected chi connectivity index (χ1v) is 5.66. The van der Waals surface area contributed by atoms with Gasteiger partial charge in [0.2, 0.25) is 0 Å². The first-order valence-electron chi connectivity index (χ1n) is 5.66. The maximum absolute atomic E-state index is 10.6. The van der Waals surface area contributed by atoms with Crippen molar-refractivity contribution in [3.63, 3.8) is 0 Å². The zero-order valence-corrected chi connectivity index (χ0v) is 10.4. The van der Waals surface area contributed by atoms with Crippen molar-refractivity contribution >= 4 is 23.4 Å². The van der Waals surface area contributed by atoms with Crippen LogP contribution >= 0.6 is 0 Å². The maximum Gasteiger partial charge on any atom is 0.154 e. The number of aromatic nitrogens is 2. The second-order valence-corrected chi connectivity index (χ2v) is 3.67. The number of pyridine rings is 2. The van der Waals surface area contributed by atoms with E-state index in [2.05, 4.69) is 15.0 Å². The summed E-state index contributed by atoms with van der Waals surface area (Å²) in [5, 5.41) is 0. The summed E-state index contributed by atoms with van der Waals surface area (Å²) >= 11 is 0. The maximum atomic E-state index is 10.6. The Morgan fingerprint density at radius 2 is 1.95 bits per heavy atom. The molecule has 0 radical (unpaired) electrons. The quantitative estimate of drug-likeness (QED) is 0.476. The van der Waals surface area contributed by atoms with Crippen LogP contribution in [0.1, 0.15) is 0 Å². The Bertz CT molecular complexity index is 604. The molecule has 2 aromatic rings. The third-order valence-corrected chi connectivity index (χ3v) is 2.40. The summed E-state index contributed by atoms with van der Waals surface area (Å²) < 4.78 is 0. The molecule has 0 amide bonds. The van der Waals surface area contributed by atoms with Gasteiger partial charge in [-0.2, -0.15) is 0 Å². The minimum atomic E-state index is 0.424. The summed E-state index contributed by atoms with van der Waals surface area (Å²) in [6, 6.07) is 10.9. The molecule has 0 aliphatic carbocycles. The highest BCUT2D eigenvalue weighted by molar-refractivity contribution is 6.09. The van der Waals surface area contributed by atoms with E-state index in [1.165, 1.54) is 6.08 Å². The van der Waals surface area contributed by atoms with Crippen molar-refractivity contribution in [3.05, 3.63) is 54.9 Å². The van der Waals surface area contributed by atoms with E-state index in [-0.39, 0.29) is 0 Å². The molecule has 0 unspecified atom stereocenters. The Balaban J connectivity index is 2.36. The van der Waals surface area contributed by atoms with E-state index in [4.69, 9.17) is 0 Å². The van der Waals surface area contributed by atoms with Gasteiger partial charge in [0.1, 0.15) is 17.6 Å². The van der Waals surface area contributed by atoms with Crippen LogP contribution < -0.4 is 4.90 Å². The van der Waals surface area contributed by atoms with Crippen LogP contribution in [0.2, 0.25) is 0 Å². The average molecular weight is 252 g/mol.